The molecule has 0 spiro atoms. The number of nitrogens with zero attached hydrogens (tertiary/aromatic N) is 4. The molecule has 1 aliphatic rings. The lowest BCUT2D eigenvalue weighted by Gasteiger charge is -2.30. The average molecular weight is 525 g/mol. The number of aromatic carboxylic acids is 1. The van der Waals surface area contributed by atoms with E-state index in [1.807, 2.05) is 48.7 Å². The third-order valence-electron chi connectivity index (χ3n) is 6.68. The second-order valence-corrected chi connectivity index (χ2v) is 9.75. The monoisotopic (exact) mass is 524 g/mol. The molecule has 1 fully saturated rings. The van der Waals surface area contributed by atoms with Crippen LogP contribution in [0.2, 0.25) is 0 Å². The molecule has 0 aliphatic carbocycles. The van der Waals surface area contributed by atoms with Gasteiger partial charge in [0.15, 0.2) is 0 Å². The van der Waals surface area contributed by atoms with Gasteiger partial charge in [0.1, 0.15) is 17.5 Å². The fourth-order valence-electron chi connectivity index (χ4n) is 4.67. The van der Waals surface area contributed by atoms with Crippen molar-refractivity contribution < 1.29 is 14.6 Å². The van der Waals surface area contributed by atoms with Crippen molar-refractivity contribution in [3.63, 3.8) is 0 Å². The predicted molar refractivity (Wildman–Crippen MR) is 152 cm³/mol. The maximum atomic E-state index is 10.6. The molecule has 4 heterocycles. The largest absolute Gasteiger partial charge is 0.489 e. The van der Waals surface area contributed by atoms with Gasteiger partial charge in [0.25, 0.3) is 0 Å². The summed E-state index contributed by atoms with van der Waals surface area (Å²) in [6.07, 6.45) is 9.09. The number of pyridine rings is 1. The molecule has 2 aromatic carbocycles. The van der Waals surface area contributed by atoms with Crippen LogP contribution in [0.4, 0.5) is 5.69 Å². The first-order valence-corrected chi connectivity index (χ1v) is 12.9. The topological polar surface area (TPSA) is 122 Å². The number of nitrogens with one attached hydrogen (secondary N) is 1. The number of carboxylic acid groups (broad SMARTS) is 1. The highest BCUT2D eigenvalue weighted by Gasteiger charge is 2.18. The number of hydrogen-bond donors (Lipinski definition) is 3. The van der Waals surface area contributed by atoms with E-state index in [0.29, 0.717) is 6.54 Å². The van der Waals surface area contributed by atoms with Gasteiger partial charge in [0.05, 0.1) is 24.0 Å². The molecule has 200 valence electrons. The minimum Gasteiger partial charge on any atom is -0.489 e. The molecule has 1 saturated heterocycles. The Hall–Kier alpha value is -4.63. The molecule has 0 radical (unpaired) electrons. The third-order valence-corrected chi connectivity index (χ3v) is 6.68. The number of nitrogen functional groups attached to an aromatic ring is 1. The first kappa shape index (κ1) is 26.0. The lowest BCUT2D eigenvalue weighted by Crippen LogP contribution is -2.38. The van der Waals surface area contributed by atoms with E-state index in [2.05, 4.69) is 45.2 Å². The quantitative estimate of drug-likeness (QED) is 0.288. The number of H-pyrrole nitrogens is 1. The molecule has 3 aromatic heterocycles. The van der Waals surface area contributed by atoms with Crippen LogP contribution < -0.4 is 10.5 Å². The van der Waals surface area contributed by atoms with Crippen molar-refractivity contribution in [1.29, 1.82) is 0 Å². The number of likely N-dealkylation sites (tertiary alicyclic amines) is 1. The minimum atomic E-state index is -0.950. The normalized spacial score (nSPS) is 15.5. The van der Waals surface area contributed by atoms with Gasteiger partial charge in [0.2, 0.25) is 0 Å². The van der Waals surface area contributed by atoms with Crippen molar-refractivity contribution in [3.05, 3.63) is 96.6 Å². The summed E-state index contributed by atoms with van der Waals surface area (Å²) in [5.41, 5.74) is 11.0. The van der Waals surface area contributed by atoms with Crippen LogP contribution in [0.25, 0.3) is 22.2 Å². The van der Waals surface area contributed by atoms with Crippen LogP contribution >= 0.6 is 0 Å². The van der Waals surface area contributed by atoms with Crippen LogP contribution in [0.15, 0.2) is 85.5 Å². The molecule has 9 heteroatoms. The summed E-state index contributed by atoms with van der Waals surface area (Å²) in [5.74, 6) is -0.0377. The standard InChI is InChI=1S/C19H22N4O.C11H10N2O2/c1-23-7-3-6-16(12-23)24-15-5-2-4-13(8-15)14-9-17-18(20)11-22-19(17)21-10-14;14-11(15)10-6-12-13(8-10)7-9-4-2-1-3-5-9/h2,4-5,8-11,16H,3,6-7,12,20H2,1H3,(H,21,22);1-6,8H,7H2,(H,14,15). The number of carboxylic acids is 1. The maximum absolute atomic E-state index is 10.6. The van der Waals surface area contributed by atoms with E-state index >= 15 is 0 Å². The fourth-order valence-corrected chi connectivity index (χ4v) is 4.67. The Morgan fingerprint density at radius 1 is 1.13 bits per heavy atom. The molecular formula is C30H32N6O3. The Morgan fingerprint density at radius 3 is 2.74 bits per heavy atom. The van der Waals surface area contributed by atoms with Crippen LogP contribution in [0.5, 0.6) is 5.75 Å². The zero-order valence-electron chi connectivity index (χ0n) is 21.8. The third kappa shape index (κ3) is 6.63. The Balaban J connectivity index is 0.000000177. The zero-order chi connectivity index (χ0) is 27.2. The summed E-state index contributed by atoms with van der Waals surface area (Å²) in [6, 6.07) is 20.1. The summed E-state index contributed by atoms with van der Waals surface area (Å²) in [4.78, 5) is 20.5. The Kier molecular flexibility index (Phi) is 7.88. The summed E-state index contributed by atoms with van der Waals surface area (Å²) >= 11 is 0. The first-order valence-electron chi connectivity index (χ1n) is 12.9. The molecule has 39 heavy (non-hydrogen) atoms. The number of rotatable bonds is 6. The molecule has 6 rings (SSSR count). The molecule has 1 atom stereocenters. The summed E-state index contributed by atoms with van der Waals surface area (Å²) < 4.78 is 7.80. The van der Waals surface area contributed by atoms with Crippen molar-refractivity contribution in [2.24, 2.45) is 0 Å². The number of aromatic nitrogens is 4. The molecule has 9 nitrogen and oxygen atoms in total. The number of nitrogens with two attached hydrogens (primary N) is 1. The predicted octanol–water partition coefficient (Wildman–Crippen LogP) is 4.91. The highest BCUT2D eigenvalue weighted by atomic mass is 16.5. The molecular weight excluding hydrogens is 492 g/mol. The van der Waals surface area contributed by atoms with Gasteiger partial charge in [-0.3, -0.25) is 4.68 Å². The van der Waals surface area contributed by atoms with Gasteiger partial charge in [-0.05, 0) is 55.8 Å². The van der Waals surface area contributed by atoms with Crippen molar-refractivity contribution in [2.75, 3.05) is 25.9 Å². The lowest BCUT2D eigenvalue weighted by molar-refractivity contribution is 0.0696. The van der Waals surface area contributed by atoms with Crippen LogP contribution in [0.1, 0.15) is 28.8 Å². The smallest absolute Gasteiger partial charge is 0.338 e. The summed E-state index contributed by atoms with van der Waals surface area (Å²) in [5, 5.41) is 13.6. The van der Waals surface area contributed by atoms with Crippen molar-refractivity contribution in [2.45, 2.75) is 25.5 Å². The zero-order valence-corrected chi connectivity index (χ0v) is 21.8. The number of fused-ring (bicyclic) bond motifs is 1. The number of aromatic amines is 1. The van der Waals surface area contributed by atoms with E-state index in [1.54, 1.807) is 10.9 Å². The Labute approximate surface area is 226 Å². The highest BCUT2D eigenvalue weighted by molar-refractivity contribution is 5.91. The van der Waals surface area contributed by atoms with Gasteiger partial charge in [-0.2, -0.15) is 5.10 Å². The van der Waals surface area contributed by atoms with E-state index < -0.39 is 5.97 Å². The minimum absolute atomic E-state index is 0.214. The van der Waals surface area contributed by atoms with Gasteiger partial charge in [-0.1, -0.05) is 42.5 Å². The van der Waals surface area contributed by atoms with Crippen LogP contribution in [-0.4, -0.2) is 62.0 Å². The van der Waals surface area contributed by atoms with Gasteiger partial charge in [-0.25, -0.2) is 9.78 Å². The van der Waals surface area contributed by atoms with Gasteiger partial charge in [-0.15, -0.1) is 0 Å². The van der Waals surface area contributed by atoms with E-state index in [4.69, 9.17) is 15.6 Å². The van der Waals surface area contributed by atoms with Gasteiger partial charge >= 0.3 is 5.97 Å². The van der Waals surface area contributed by atoms with Crippen molar-refractivity contribution in [1.82, 2.24) is 24.6 Å². The second kappa shape index (κ2) is 11.8. The first-order chi connectivity index (χ1) is 18.9. The van der Waals surface area contributed by atoms with Crippen LogP contribution in [-0.2, 0) is 6.54 Å². The Bertz CT molecular complexity index is 1540. The number of carbonyl (C=O) groups is 1. The van der Waals surface area contributed by atoms with E-state index in [0.717, 1.165) is 58.7 Å². The molecule has 0 bridgehead atoms. The number of benzene rings is 2. The van der Waals surface area contributed by atoms with Crippen LogP contribution in [0.3, 0.4) is 0 Å². The molecule has 1 unspecified atom stereocenters. The van der Waals surface area contributed by atoms with E-state index in [-0.39, 0.29) is 11.7 Å². The molecule has 0 saturated carbocycles. The maximum Gasteiger partial charge on any atom is 0.338 e. The molecule has 0 amide bonds. The second-order valence-electron chi connectivity index (χ2n) is 9.75. The van der Waals surface area contributed by atoms with Crippen LogP contribution in [0, 0.1) is 0 Å². The van der Waals surface area contributed by atoms with Gasteiger partial charge < -0.3 is 25.5 Å². The lowest BCUT2D eigenvalue weighted by atomic mass is 10.1. The summed E-state index contributed by atoms with van der Waals surface area (Å²) in [7, 11) is 2.15. The number of piperidine rings is 1. The number of hydrogen-bond acceptors (Lipinski definition) is 6. The summed E-state index contributed by atoms with van der Waals surface area (Å²) in [6.45, 7) is 2.73. The molecule has 4 N–H and O–H groups in total. The number of ether oxygens (including phenoxy) is 1. The SMILES string of the molecule is CN1CCCC(Oc2cccc(-c3cnc4[nH]cc(N)c4c3)c2)C1.O=C(O)c1cnn(Cc2ccccc2)c1. The number of anilines is 1. The average Bonchev–Trinajstić information content (AvgIpc) is 3.56. The molecule has 1 aliphatic heterocycles. The molecule has 5 aromatic rings. The highest BCUT2D eigenvalue weighted by Crippen LogP contribution is 2.29. The van der Waals surface area contributed by atoms with E-state index in [1.165, 1.54) is 18.8 Å². The Morgan fingerprint density at radius 2 is 1.97 bits per heavy atom. The fraction of sp³-hybridized carbons (Fsp3) is 0.233. The van der Waals surface area contributed by atoms with E-state index in [9.17, 15) is 4.79 Å². The van der Waals surface area contributed by atoms with Crippen molar-refractivity contribution >= 4 is 22.7 Å². The van der Waals surface area contributed by atoms with Gasteiger partial charge in [0, 0.05) is 36.1 Å². The number of likely N-dealkylation sites (N-methyl/N-ethyl adjacent to an activating group) is 1. The van der Waals surface area contributed by atoms with Crippen molar-refractivity contribution in [3.8, 4) is 16.9 Å².